The van der Waals surface area contributed by atoms with Crippen LogP contribution in [0.4, 0.5) is 5.69 Å². The maximum absolute atomic E-state index is 11.3. The monoisotopic (exact) mass is 249 g/mol. The molecule has 0 bridgehead atoms. The highest BCUT2D eigenvalue weighted by Crippen LogP contribution is 2.33. The molecule has 18 heavy (non-hydrogen) atoms. The smallest absolute Gasteiger partial charge is 0.337 e. The highest BCUT2D eigenvalue weighted by Gasteiger charge is 2.37. The van der Waals surface area contributed by atoms with Gasteiger partial charge in [-0.2, -0.15) is 0 Å². The Morgan fingerprint density at radius 3 is 2.44 bits per heavy atom. The number of rotatable bonds is 2. The van der Waals surface area contributed by atoms with Crippen molar-refractivity contribution >= 4 is 11.7 Å². The lowest BCUT2D eigenvalue weighted by atomic mass is 10.0. The van der Waals surface area contributed by atoms with Gasteiger partial charge in [-0.15, -0.1) is 0 Å². The Labute approximate surface area is 107 Å². The Hall–Kier alpha value is -1.55. The highest BCUT2D eigenvalue weighted by molar-refractivity contribution is 5.89. The largest absolute Gasteiger partial charge is 0.465 e. The van der Waals surface area contributed by atoms with Crippen LogP contribution in [0.3, 0.4) is 0 Å². The zero-order valence-corrected chi connectivity index (χ0v) is 11.0. The maximum Gasteiger partial charge on any atom is 0.337 e. The summed E-state index contributed by atoms with van der Waals surface area (Å²) in [7, 11) is 1.37. The first-order valence-corrected chi connectivity index (χ1v) is 6.08. The van der Waals surface area contributed by atoms with Crippen molar-refractivity contribution in [2.24, 2.45) is 0 Å². The zero-order valence-electron chi connectivity index (χ0n) is 11.0. The number of aliphatic hydroxyl groups is 1. The number of benzene rings is 1. The van der Waals surface area contributed by atoms with E-state index in [0.717, 1.165) is 12.1 Å². The number of anilines is 1. The molecule has 1 aromatic carbocycles. The third-order valence-electron chi connectivity index (χ3n) is 3.46. The number of methoxy groups -OCH3 is 1. The van der Waals surface area contributed by atoms with Crippen LogP contribution in [0.1, 0.15) is 30.6 Å². The van der Waals surface area contributed by atoms with Crippen LogP contribution >= 0.6 is 0 Å². The minimum atomic E-state index is -0.331. The molecule has 0 aromatic heterocycles. The number of esters is 1. The van der Waals surface area contributed by atoms with Gasteiger partial charge in [-0.3, -0.25) is 0 Å². The molecule has 1 atom stereocenters. The summed E-state index contributed by atoms with van der Waals surface area (Å²) in [6.07, 6.45) is 0.464. The predicted octanol–water partition coefficient (Wildman–Crippen LogP) is 1.82. The molecule has 4 heteroatoms. The molecule has 1 aromatic rings. The van der Waals surface area contributed by atoms with Crippen LogP contribution in [0, 0.1) is 0 Å². The fourth-order valence-corrected chi connectivity index (χ4v) is 2.56. The van der Waals surface area contributed by atoms with Crippen molar-refractivity contribution < 1.29 is 14.6 Å². The average molecular weight is 249 g/mol. The van der Waals surface area contributed by atoms with E-state index >= 15 is 0 Å². The fourth-order valence-electron chi connectivity index (χ4n) is 2.56. The zero-order chi connectivity index (χ0) is 13.3. The molecule has 0 amide bonds. The van der Waals surface area contributed by atoms with Crippen LogP contribution in [0.15, 0.2) is 24.3 Å². The van der Waals surface area contributed by atoms with Gasteiger partial charge in [0.25, 0.3) is 0 Å². The normalized spacial score (nSPS) is 22.0. The fraction of sp³-hybridized carbons (Fsp3) is 0.500. The Kier molecular flexibility index (Phi) is 3.30. The van der Waals surface area contributed by atoms with Gasteiger partial charge in [-0.25, -0.2) is 4.79 Å². The van der Waals surface area contributed by atoms with E-state index in [0.29, 0.717) is 12.1 Å². The van der Waals surface area contributed by atoms with Crippen LogP contribution < -0.4 is 4.90 Å². The molecule has 0 saturated carbocycles. The minimum Gasteiger partial charge on any atom is -0.465 e. The van der Waals surface area contributed by atoms with E-state index in [1.165, 1.54) is 7.11 Å². The summed E-state index contributed by atoms with van der Waals surface area (Å²) in [5.74, 6) is -0.331. The van der Waals surface area contributed by atoms with E-state index in [1.807, 2.05) is 12.1 Å². The second-order valence-corrected chi connectivity index (χ2v) is 5.32. The van der Waals surface area contributed by atoms with Gasteiger partial charge >= 0.3 is 5.97 Å². The first-order valence-electron chi connectivity index (χ1n) is 6.08. The van der Waals surface area contributed by atoms with Gasteiger partial charge < -0.3 is 14.7 Å². The van der Waals surface area contributed by atoms with Crippen LogP contribution in [0.2, 0.25) is 0 Å². The summed E-state index contributed by atoms with van der Waals surface area (Å²) in [4.78, 5) is 13.5. The third kappa shape index (κ3) is 2.34. The maximum atomic E-state index is 11.3. The molecular formula is C14H19NO3. The molecule has 1 fully saturated rings. The lowest BCUT2D eigenvalue weighted by Crippen LogP contribution is -2.38. The van der Waals surface area contributed by atoms with E-state index < -0.39 is 0 Å². The quantitative estimate of drug-likeness (QED) is 0.812. The predicted molar refractivity (Wildman–Crippen MR) is 69.8 cm³/mol. The Morgan fingerprint density at radius 1 is 1.39 bits per heavy atom. The summed E-state index contributed by atoms with van der Waals surface area (Å²) < 4.78 is 4.67. The van der Waals surface area contributed by atoms with Crippen LogP contribution in [0.5, 0.6) is 0 Å². The molecule has 1 heterocycles. The van der Waals surface area contributed by atoms with Crippen molar-refractivity contribution in [3.63, 3.8) is 0 Å². The second-order valence-electron chi connectivity index (χ2n) is 5.32. The van der Waals surface area contributed by atoms with Gasteiger partial charge in [0.05, 0.1) is 18.8 Å². The molecule has 4 nitrogen and oxygen atoms in total. The van der Waals surface area contributed by atoms with Gasteiger partial charge in [0, 0.05) is 17.8 Å². The molecule has 0 radical (unpaired) electrons. The average Bonchev–Trinajstić information content (AvgIpc) is 2.61. The van der Waals surface area contributed by atoms with E-state index in [-0.39, 0.29) is 17.6 Å². The van der Waals surface area contributed by atoms with Crippen LogP contribution in [0.25, 0.3) is 0 Å². The van der Waals surface area contributed by atoms with Crippen molar-refractivity contribution in [3.8, 4) is 0 Å². The summed E-state index contributed by atoms with van der Waals surface area (Å²) in [5, 5.41) is 9.76. The van der Waals surface area contributed by atoms with Gasteiger partial charge in [0.2, 0.25) is 0 Å². The molecular weight excluding hydrogens is 230 g/mol. The van der Waals surface area contributed by atoms with E-state index in [9.17, 15) is 9.90 Å². The molecule has 1 aliphatic rings. The van der Waals surface area contributed by atoms with Crippen molar-refractivity contribution in [2.75, 3.05) is 18.6 Å². The lowest BCUT2D eigenvalue weighted by molar-refractivity contribution is 0.0600. The van der Waals surface area contributed by atoms with Crippen molar-refractivity contribution in [2.45, 2.75) is 31.9 Å². The number of aliphatic hydroxyl groups excluding tert-OH is 1. The van der Waals surface area contributed by atoms with E-state index in [1.54, 1.807) is 12.1 Å². The van der Waals surface area contributed by atoms with Crippen molar-refractivity contribution in [1.82, 2.24) is 0 Å². The van der Waals surface area contributed by atoms with Crippen LogP contribution in [-0.2, 0) is 4.74 Å². The highest BCUT2D eigenvalue weighted by atomic mass is 16.5. The first kappa shape index (κ1) is 12.9. The number of nitrogens with zero attached hydrogens (tertiary/aromatic N) is 1. The van der Waals surface area contributed by atoms with Crippen molar-refractivity contribution in [3.05, 3.63) is 29.8 Å². The SMILES string of the molecule is COC(=O)c1ccc(N2CC(O)CC2(C)C)cc1. The lowest BCUT2D eigenvalue weighted by Gasteiger charge is -2.33. The number of ether oxygens (including phenoxy) is 1. The molecule has 1 unspecified atom stereocenters. The number of carbonyl (C=O) groups excluding carboxylic acids is 1. The van der Waals surface area contributed by atoms with Crippen molar-refractivity contribution in [1.29, 1.82) is 0 Å². The number of hydrogen-bond donors (Lipinski definition) is 1. The van der Waals surface area contributed by atoms with Gasteiger partial charge in [-0.05, 0) is 44.5 Å². The molecule has 0 spiro atoms. The van der Waals surface area contributed by atoms with Gasteiger partial charge in [0.1, 0.15) is 0 Å². The Morgan fingerprint density at radius 2 is 2.00 bits per heavy atom. The standard InChI is InChI=1S/C14H19NO3/c1-14(2)8-12(16)9-15(14)11-6-4-10(5-7-11)13(17)18-3/h4-7,12,16H,8-9H2,1-3H3. The molecule has 2 rings (SSSR count). The second kappa shape index (κ2) is 4.61. The van der Waals surface area contributed by atoms with Gasteiger partial charge in [-0.1, -0.05) is 0 Å². The first-order chi connectivity index (χ1) is 8.44. The number of hydrogen-bond acceptors (Lipinski definition) is 4. The third-order valence-corrected chi connectivity index (χ3v) is 3.46. The summed E-state index contributed by atoms with van der Waals surface area (Å²) in [5.41, 5.74) is 1.50. The number of carbonyl (C=O) groups is 1. The summed E-state index contributed by atoms with van der Waals surface area (Å²) >= 11 is 0. The molecule has 1 saturated heterocycles. The van der Waals surface area contributed by atoms with E-state index in [2.05, 4.69) is 23.5 Å². The van der Waals surface area contributed by atoms with Gasteiger partial charge in [0.15, 0.2) is 0 Å². The Bertz CT molecular complexity index is 439. The molecule has 0 aliphatic carbocycles. The molecule has 98 valence electrons. The summed E-state index contributed by atoms with van der Waals surface area (Å²) in [6.45, 7) is 4.85. The van der Waals surface area contributed by atoms with Crippen LogP contribution in [-0.4, -0.2) is 36.4 Å². The Balaban J connectivity index is 2.22. The number of β-amino-alcohol motifs (C(OH)–C–C–N with tert-alkyl or cyclic N) is 1. The molecule has 1 N–H and O–H groups in total. The topological polar surface area (TPSA) is 49.8 Å². The van der Waals surface area contributed by atoms with E-state index in [4.69, 9.17) is 0 Å². The minimum absolute atomic E-state index is 0.0633. The summed E-state index contributed by atoms with van der Waals surface area (Å²) in [6, 6.07) is 7.29. The molecule has 1 aliphatic heterocycles.